The van der Waals surface area contributed by atoms with Gasteiger partial charge in [0.25, 0.3) is 5.56 Å². The maximum absolute atomic E-state index is 13.5. The van der Waals surface area contributed by atoms with Crippen LogP contribution in [0.25, 0.3) is 22.4 Å². The smallest absolute Gasteiger partial charge is 0.267 e. The lowest BCUT2D eigenvalue weighted by Crippen LogP contribution is -2.23. The van der Waals surface area contributed by atoms with Gasteiger partial charge in [0.2, 0.25) is 5.78 Å². The molecule has 0 unspecified atom stereocenters. The average molecular weight is 445 g/mol. The first-order valence-electron chi connectivity index (χ1n) is 9.83. The molecule has 9 heteroatoms. The maximum Gasteiger partial charge on any atom is 0.267 e. The van der Waals surface area contributed by atoms with Crippen LogP contribution in [-0.4, -0.2) is 30.7 Å². The van der Waals surface area contributed by atoms with Gasteiger partial charge < -0.3 is 5.73 Å². The number of Topliss-reactive ketones (excluding diaryl/α,β-unsaturated/α-hetero) is 1. The minimum atomic E-state index is -0.387. The van der Waals surface area contributed by atoms with Gasteiger partial charge >= 0.3 is 0 Å². The Hall–Kier alpha value is -3.90. The molecule has 0 radical (unpaired) electrons. The Morgan fingerprint density at radius 1 is 1.12 bits per heavy atom. The van der Waals surface area contributed by atoms with Crippen LogP contribution in [0.4, 0.5) is 0 Å². The Labute approximate surface area is 188 Å². The lowest BCUT2D eigenvalue weighted by molar-refractivity contribution is -0.112. The van der Waals surface area contributed by atoms with Crippen LogP contribution in [0.15, 0.2) is 63.7 Å². The molecule has 0 saturated heterocycles. The van der Waals surface area contributed by atoms with Crippen molar-refractivity contribution in [3.8, 4) is 11.8 Å². The summed E-state index contributed by atoms with van der Waals surface area (Å²) in [6.45, 7) is 5.40. The molecule has 0 bridgehead atoms. The third kappa shape index (κ3) is 3.44. The monoisotopic (exact) mass is 444 g/mol. The van der Waals surface area contributed by atoms with Crippen molar-refractivity contribution in [3.05, 3.63) is 75.2 Å². The molecule has 32 heavy (non-hydrogen) atoms. The molecule has 2 N–H and O–H groups in total. The molecular formula is C23H20N6O2S. The summed E-state index contributed by atoms with van der Waals surface area (Å²) in [5, 5.41) is 18.7. The third-order valence-corrected chi connectivity index (χ3v) is 6.10. The molecule has 2 heterocycles. The van der Waals surface area contributed by atoms with Crippen LogP contribution in [0.3, 0.4) is 0 Å². The van der Waals surface area contributed by atoms with E-state index >= 15 is 0 Å². The second-order valence-corrected chi connectivity index (χ2v) is 8.34. The van der Waals surface area contributed by atoms with Crippen LogP contribution in [-0.2, 0) is 4.79 Å². The Morgan fingerprint density at radius 2 is 1.81 bits per heavy atom. The molecular weight excluding hydrogens is 424 g/mol. The summed E-state index contributed by atoms with van der Waals surface area (Å²) in [6.07, 6.45) is 0. The Bertz CT molecular complexity index is 1500. The molecule has 0 aliphatic heterocycles. The number of aryl methyl sites for hydroxylation is 2. The first-order valence-corrected chi connectivity index (χ1v) is 10.8. The summed E-state index contributed by atoms with van der Waals surface area (Å²) in [5.74, 6) is -0.0663. The first-order chi connectivity index (χ1) is 15.3. The highest BCUT2D eigenvalue weighted by Crippen LogP contribution is 2.26. The van der Waals surface area contributed by atoms with Crippen molar-refractivity contribution in [1.29, 1.82) is 5.26 Å². The number of carbonyl (C=O) groups is 1. The molecule has 2 aromatic carbocycles. The predicted molar refractivity (Wildman–Crippen MR) is 124 cm³/mol. The number of fused-ring (bicyclic) bond motifs is 3. The minimum absolute atomic E-state index is 0.0327. The standard InChI is InChI=1S/C23H20N6O2S/c1-13-7-6-8-14(2)20(13)29-21(31)16-9-4-5-10-18(16)28-22(29)26-27-23(28)32-12-19(30)17(11-24)15(3)25/h4-10H,12,25H2,1-3H3. The first kappa shape index (κ1) is 21.3. The normalized spacial score (nSPS) is 12.1. The van der Waals surface area contributed by atoms with Gasteiger partial charge in [-0.15, -0.1) is 10.2 Å². The van der Waals surface area contributed by atoms with E-state index in [1.165, 1.54) is 6.92 Å². The number of thioether (sulfide) groups is 1. The van der Waals surface area contributed by atoms with Gasteiger partial charge in [-0.05, 0) is 44.0 Å². The van der Waals surface area contributed by atoms with Gasteiger partial charge in [-0.25, -0.2) is 4.57 Å². The van der Waals surface area contributed by atoms with Gasteiger partial charge in [0.1, 0.15) is 11.6 Å². The van der Waals surface area contributed by atoms with E-state index in [1.807, 2.05) is 50.2 Å². The highest BCUT2D eigenvalue weighted by atomic mass is 32.2. The number of aromatic nitrogens is 4. The van der Waals surface area contributed by atoms with E-state index in [0.29, 0.717) is 21.8 Å². The van der Waals surface area contributed by atoms with Crippen molar-refractivity contribution in [2.24, 2.45) is 5.73 Å². The van der Waals surface area contributed by atoms with E-state index in [9.17, 15) is 14.9 Å². The fourth-order valence-corrected chi connectivity index (χ4v) is 4.52. The van der Waals surface area contributed by atoms with Crippen LogP contribution in [0.1, 0.15) is 18.1 Å². The summed E-state index contributed by atoms with van der Waals surface area (Å²) in [7, 11) is 0. The number of nitriles is 1. The Morgan fingerprint density at radius 3 is 2.47 bits per heavy atom. The molecule has 4 rings (SSSR count). The SMILES string of the molecule is CC(N)=C(C#N)C(=O)CSc1nnc2n(-c3c(C)cccc3C)c(=O)c3ccccc3n12. The second-order valence-electron chi connectivity index (χ2n) is 7.40. The van der Waals surface area contributed by atoms with Crippen LogP contribution in [0.5, 0.6) is 0 Å². The molecule has 0 amide bonds. The summed E-state index contributed by atoms with van der Waals surface area (Å²) >= 11 is 1.14. The number of carbonyl (C=O) groups excluding carboxylic acids is 1. The van der Waals surface area contributed by atoms with Crippen molar-refractivity contribution in [1.82, 2.24) is 19.2 Å². The number of hydrogen-bond acceptors (Lipinski definition) is 7. The number of ketones is 1. The highest BCUT2D eigenvalue weighted by Gasteiger charge is 2.21. The molecule has 0 aliphatic carbocycles. The number of nitrogens with zero attached hydrogens (tertiary/aromatic N) is 5. The van der Waals surface area contributed by atoms with Crippen molar-refractivity contribution in [2.45, 2.75) is 25.9 Å². The van der Waals surface area contributed by atoms with E-state index in [0.717, 1.165) is 28.6 Å². The van der Waals surface area contributed by atoms with Crippen LogP contribution in [0.2, 0.25) is 0 Å². The molecule has 0 saturated carbocycles. The van der Waals surface area contributed by atoms with Crippen molar-refractivity contribution >= 4 is 34.2 Å². The van der Waals surface area contributed by atoms with E-state index in [1.54, 1.807) is 21.1 Å². The Kier molecular flexibility index (Phi) is 5.55. The van der Waals surface area contributed by atoms with Crippen LogP contribution >= 0.6 is 11.8 Å². The van der Waals surface area contributed by atoms with Gasteiger partial charge in [-0.3, -0.25) is 14.0 Å². The second kappa shape index (κ2) is 8.32. The van der Waals surface area contributed by atoms with Gasteiger partial charge in [-0.1, -0.05) is 42.1 Å². The quantitative estimate of drug-likeness (QED) is 0.285. The summed E-state index contributed by atoms with van der Waals surface area (Å²) in [4.78, 5) is 25.9. The lowest BCUT2D eigenvalue weighted by atomic mass is 10.1. The summed E-state index contributed by atoms with van der Waals surface area (Å²) < 4.78 is 3.34. The van der Waals surface area contributed by atoms with E-state index < -0.39 is 0 Å². The molecule has 0 fully saturated rings. The van der Waals surface area contributed by atoms with E-state index in [2.05, 4.69) is 10.2 Å². The average Bonchev–Trinajstić information content (AvgIpc) is 3.18. The number of hydrogen-bond donors (Lipinski definition) is 1. The number of benzene rings is 2. The van der Waals surface area contributed by atoms with Crippen molar-refractivity contribution in [2.75, 3.05) is 5.75 Å². The zero-order chi connectivity index (χ0) is 23.0. The number of allylic oxidation sites excluding steroid dienone is 2. The topological polar surface area (TPSA) is 119 Å². The van der Waals surface area contributed by atoms with Gasteiger partial charge in [0.05, 0.1) is 22.3 Å². The zero-order valence-electron chi connectivity index (χ0n) is 17.8. The Balaban J connectivity index is 1.95. The minimum Gasteiger partial charge on any atom is -0.401 e. The fourth-order valence-electron chi connectivity index (χ4n) is 3.70. The van der Waals surface area contributed by atoms with Crippen LogP contribution in [0, 0.1) is 25.2 Å². The van der Waals surface area contributed by atoms with Gasteiger partial charge in [0, 0.05) is 5.70 Å². The maximum atomic E-state index is 13.5. The van der Waals surface area contributed by atoms with E-state index in [4.69, 9.17) is 5.73 Å². The lowest BCUT2D eigenvalue weighted by Gasteiger charge is -2.15. The summed E-state index contributed by atoms with van der Waals surface area (Å²) in [6, 6.07) is 14.9. The predicted octanol–water partition coefficient (Wildman–Crippen LogP) is 3.07. The summed E-state index contributed by atoms with van der Waals surface area (Å²) in [5.41, 5.74) is 8.82. The van der Waals surface area contributed by atoms with Crippen molar-refractivity contribution < 1.29 is 4.79 Å². The zero-order valence-corrected chi connectivity index (χ0v) is 18.6. The molecule has 2 aromatic heterocycles. The molecule has 0 spiro atoms. The molecule has 160 valence electrons. The molecule has 4 aromatic rings. The number of rotatable bonds is 5. The third-order valence-electron chi connectivity index (χ3n) is 5.18. The molecule has 0 atom stereocenters. The number of para-hydroxylation sites is 2. The largest absolute Gasteiger partial charge is 0.401 e. The molecule has 0 aliphatic rings. The number of nitrogens with two attached hydrogens (primary N) is 1. The van der Waals surface area contributed by atoms with Crippen molar-refractivity contribution in [3.63, 3.8) is 0 Å². The van der Waals surface area contributed by atoms with Crippen LogP contribution < -0.4 is 11.3 Å². The van der Waals surface area contributed by atoms with E-state index in [-0.39, 0.29) is 28.4 Å². The fraction of sp³-hybridized carbons (Fsp3) is 0.174. The van der Waals surface area contributed by atoms with Gasteiger partial charge in [0.15, 0.2) is 10.9 Å². The molecule has 8 nitrogen and oxygen atoms in total. The van der Waals surface area contributed by atoms with Gasteiger partial charge in [-0.2, -0.15) is 5.26 Å². The highest BCUT2D eigenvalue weighted by molar-refractivity contribution is 7.99.